The largest absolute Gasteiger partial charge is 0.355 e. The Bertz CT molecular complexity index is 350. The van der Waals surface area contributed by atoms with E-state index in [0.717, 1.165) is 25.2 Å². The summed E-state index contributed by atoms with van der Waals surface area (Å²) in [5.74, 6) is 0.727. The third kappa shape index (κ3) is 5.07. The van der Waals surface area contributed by atoms with Crippen molar-refractivity contribution in [2.45, 2.75) is 19.3 Å². The number of carbonyl (C=O) groups is 1. The van der Waals surface area contributed by atoms with Gasteiger partial charge in [-0.1, -0.05) is 30.3 Å². The summed E-state index contributed by atoms with van der Waals surface area (Å²) in [7, 11) is 0. The molecule has 100 valence electrons. The number of rotatable bonds is 4. The van der Waals surface area contributed by atoms with Crippen LogP contribution in [0, 0.1) is 5.92 Å². The van der Waals surface area contributed by atoms with Crippen LogP contribution >= 0.6 is 12.4 Å². The molecule has 1 heterocycles. The van der Waals surface area contributed by atoms with Crippen molar-refractivity contribution in [3.63, 3.8) is 0 Å². The zero-order valence-corrected chi connectivity index (χ0v) is 11.3. The summed E-state index contributed by atoms with van der Waals surface area (Å²) < 4.78 is 0. The van der Waals surface area contributed by atoms with E-state index < -0.39 is 0 Å². The smallest absolute Gasteiger partial charge is 0.224 e. The molecule has 3 nitrogen and oxygen atoms in total. The maximum atomic E-state index is 11.7. The molecule has 0 aromatic heterocycles. The van der Waals surface area contributed by atoms with Gasteiger partial charge in [0.1, 0.15) is 0 Å². The van der Waals surface area contributed by atoms with Gasteiger partial charge in [-0.05, 0) is 37.4 Å². The number of amides is 1. The molecule has 0 saturated carbocycles. The molecule has 0 radical (unpaired) electrons. The number of hydrogen-bond donors (Lipinski definition) is 2. The molecule has 1 saturated heterocycles. The van der Waals surface area contributed by atoms with E-state index in [0.29, 0.717) is 12.3 Å². The van der Waals surface area contributed by atoms with Crippen molar-refractivity contribution in [2.24, 2.45) is 5.92 Å². The Morgan fingerprint density at radius 1 is 1.33 bits per heavy atom. The SMILES string of the molecule is Cl.O=C(Cc1ccccc1)NC[C@H]1CCCNC1. The highest BCUT2D eigenvalue weighted by atomic mass is 35.5. The summed E-state index contributed by atoms with van der Waals surface area (Å²) in [5.41, 5.74) is 1.08. The second-order valence-corrected chi connectivity index (χ2v) is 4.68. The van der Waals surface area contributed by atoms with Gasteiger partial charge in [0.15, 0.2) is 0 Å². The summed E-state index contributed by atoms with van der Waals surface area (Å²) in [6.45, 7) is 2.96. The summed E-state index contributed by atoms with van der Waals surface area (Å²) in [6, 6.07) is 9.87. The minimum atomic E-state index is 0. The highest BCUT2D eigenvalue weighted by Crippen LogP contribution is 2.08. The zero-order chi connectivity index (χ0) is 11.9. The van der Waals surface area contributed by atoms with Gasteiger partial charge < -0.3 is 10.6 Å². The quantitative estimate of drug-likeness (QED) is 0.874. The normalized spacial score (nSPS) is 18.8. The van der Waals surface area contributed by atoms with Crippen molar-refractivity contribution < 1.29 is 4.79 Å². The Labute approximate surface area is 115 Å². The lowest BCUT2D eigenvalue weighted by molar-refractivity contribution is -0.120. The summed E-state index contributed by atoms with van der Waals surface area (Å²) >= 11 is 0. The van der Waals surface area contributed by atoms with Gasteiger partial charge >= 0.3 is 0 Å². The van der Waals surface area contributed by atoms with Crippen LogP contribution in [0.4, 0.5) is 0 Å². The molecule has 0 spiro atoms. The second-order valence-electron chi connectivity index (χ2n) is 4.68. The van der Waals surface area contributed by atoms with E-state index in [9.17, 15) is 4.79 Å². The fraction of sp³-hybridized carbons (Fsp3) is 0.500. The molecule has 1 amide bonds. The van der Waals surface area contributed by atoms with Crippen molar-refractivity contribution >= 4 is 18.3 Å². The van der Waals surface area contributed by atoms with Gasteiger partial charge in [0.25, 0.3) is 0 Å². The number of carbonyl (C=O) groups excluding carboxylic acids is 1. The lowest BCUT2D eigenvalue weighted by Crippen LogP contribution is -2.38. The highest BCUT2D eigenvalue weighted by molar-refractivity contribution is 5.85. The maximum Gasteiger partial charge on any atom is 0.224 e. The van der Waals surface area contributed by atoms with Gasteiger partial charge in [0.05, 0.1) is 6.42 Å². The first kappa shape index (κ1) is 15.0. The van der Waals surface area contributed by atoms with E-state index >= 15 is 0 Å². The van der Waals surface area contributed by atoms with Crippen molar-refractivity contribution in [2.75, 3.05) is 19.6 Å². The number of nitrogens with one attached hydrogen (secondary N) is 2. The topological polar surface area (TPSA) is 41.1 Å². The third-order valence-electron chi connectivity index (χ3n) is 3.19. The number of halogens is 1. The monoisotopic (exact) mass is 268 g/mol. The molecule has 1 aliphatic rings. The van der Waals surface area contributed by atoms with Crippen LogP contribution in [0.25, 0.3) is 0 Å². The Balaban J connectivity index is 0.00000162. The molecule has 1 aromatic rings. The fourth-order valence-electron chi connectivity index (χ4n) is 2.20. The van der Waals surface area contributed by atoms with Crippen LogP contribution in [0.3, 0.4) is 0 Å². The van der Waals surface area contributed by atoms with E-state index in [2.05, 4.69) is 10.6 Å². The van der Waals surface area contributed by atoms with E-state index in [-0.39, 0.29) is 18.3 Å². The van der Waals surface area contributed by atoms with Gasteiger partial charge in [0, 0.05) is 6.54 Å². The van der Waals surface area contributed by atoms with Gasteiger partial charge in [-0.3, -0.25) is 4.79 Å². The maximum absolute atomic E-state index is 11.7. The van der Waals surface area contributed by atoms with E-state index in [1.54, 1.807) is 0 Å². The van der Waals surface area contributed by atoms with Gasteiger partial charge in [0.2, 0.25) is 5.91 Å². The second kappa shape index (κ2) is 8.11. The molecule has 1 fully saturated rings. The van der Waals surface area contributed by atoms with Crippen LogP contribution in [0.1, 0.15) is 18.4 Å². The molecular formula is C14H21ClN2O. The minimum absolute atomic E-state index is 0. The molecule has 1 aromatic carbocycles. The Morgan fingerprint density at radius 2 is 2.11 bits per heavy atom. The number of piperidine rings is 1. The van der Waals surface area contributed by atoms with Crippen molar-refractivity contribution in [1.29, 1.82) is 0 Å². The molecule has 1 atom stereocenters. The number of hydrogen-bond acceptors (Lipinski definition) is 2. The highest BCUT2D eigenvalue weighted by Gasteiger charge is 2.13. The summed E-state index contributed by atoms with van der Waals surface area (Å²) in [5, 5.41) is 6.38. The van der Waals surface area contributed by atoms with Crippen molar-refractivity contribution in [3.8, 4) is 0 Å². The Hall–Kier alpha value is -1.06. The average molecular weight is 269 g/mol. The average Bonchev–Trinajstić information content (AvgIpc) is 2.39. The third-order valence-corrected chi connectivity index (χ3v) is 3.19. The van der Waals surface area contributed by atoms with Crippen molar-refractivity contribution in [1.82, 2.24) is 10.6 Å². The fourth-order valence-corrected chi connectivity index (χ4v) is 2.20. The van der Waals surface area contributed by atoms with E-state index in [1.807, 2.05) is 30.3 Å². The van der Waals surface area contributed by atoms with Gasteiger partial charge in [-0.15, -0.1) is 12.4 Å². The van der Waals surface area contributed by atoms with Crippen LogP contribution in [0.15, 0.2) is 30.3 Å². The van der Waals surface area contributed by atoms with E-state index in [4.69, 9.17) is 0 Å². The molecule has 0 bridgehead atoms. The van der Waals surface area contributed by atoms with Crippen LogP contribution < -0.4 is 10.6 Å². The summed E-state index contributed by atoms with van der Waals surface area (Å²) in [4.78, 5) is 11.7. The van der Waals surface area contributed by atoms with Crippen LogP contribution in [-0.4, -0.2) is 25.5 Å². The Morgan fingerprint density at radius 3 is 2.78 bits per heavy atom. The lowest BCUT2D eigenvalue weighted by atomic mass is 10.00. The predicted octanol–water partition coefficient (Wildman–Crippen LogP) is 1.77. The molecule has 4 heteroatoms. The molecule has 1 aliphatic heterocycles. The molecule has 2 rings (SSSR count). The predicted molar refractivity (Wildman–Crippen MR) is 76.0 cm³/mol. The molecular weight excluding hydrogens is 248 g/mol. The molecule has 2 N–H and O–H groups in total. The first-order valence-electron chi connectivity index (χ1n) is 6.36. The zero-order valence-electron chi connectivity index (χ0n) is 10.5. The molecule has 0 aliphatic carbocycles. The van der Waals surface area contributed by atoms with Crippen LogP contribution in [-0.2, 0) is 11.2 Å². The molecule has 0 unspecified atom stereocenters. The van der Waals surface area contributed by atoms with Gasteiger partial charge in [-0.25, -0.2) is 0 Å². The first-order valence-corrected chi connectivity index (χ1v) is 6.36. The lowest BCUT2D eigenvalue weighted by Gasteiger charge is -2.22. The molecule has 18 heavy (non-hydrogen) atoms. The first-order chi connectivity index (χ1) is 8.34. The minimum Gasteiger partial charge on any atom is -0.355 e. The van der Waals surface area contributed by atoms with Gasteiger partial charge in [-0.2, -0.15) is 0 Å². The summed E-state index contributed by atoms with van der Waals surface area (Å²) in [6.07, 6.45) is 2.93. The van der Waals surface area contributed by atoms with Crippen molar-refractivity contribution in [3.05, 3.63) is 35.9 Å². The van der Waals surface area contributed by atoms with E-state index in [1.165, 1.54) is 12.8 Å². The Kier molecular flexibility index (Phi) is 6.76. The number of benzene rings is 1. The van der Waals surface area contributed by atoms with Crippen LogP contribution in [0.2, 0.25) is 0 Å². The standard InChI is InChI=1S/C14H20N2O.ClH/c17-14(9-12-5-2-1-3-6-12)16-11-13-7-4-8-15-10-13;/h1-3,5-6,13,15H,4,7-11H2,(H,16,17);1H/t13-;/m0./s1. The van der Waals surface area contributed by atoms with Crippen LogP contribution in [0.5, 0.6) is 0 Å².